The first kappa shape index (κ1) is 21.3. The van der Waals surface area contributed by atoms with E-state index in [-0.39, 0.29) is 32.4 Å². The summed E-state index contributed by atoms with van der Waals surface area (Å²) >= 11 is 0. The Hall–Kier alpha value is -0.755. The molecule has 1 rings (SSSR count). The van der Waals surface area contributed by atoms with Crippen LogP contribution >= 0.6 is 0 Å². The second-order valence-corrected chi connectivity index (χ2v) is 8.34. The summed E-state index contributed by atoms with van der Waals surface area (Å²) in [6.07, 6.45) is 0.684. The van der Waals surface area contributed by atoms with Crippen molar-refractivity contribution in [3.8, 4) is 0 Å². The van der Waals surface area contributed by atoms with E-state index in [2.05, 4.69) is 0 Å². The fourth-order valence-electron chi connectivity index (χ4n) is 2.77. The Balaban J connectivity index is 2.95. The molecule has 10 nitrogen and oxygen atoms in total. The van der Waals surface area contributed by atoms with Gasteiger partial charge >= 0.3 is 13.1 Å². The van der Waals surface area contributed by atoms with Gasteiger partial charge in [0.1, 0.15) is 5.54 Å². The van der Waals surface area contributed by atoms with E-state index in [1.807, 2.05) is 0 Å². The molecule has 7 N–H and O–H groups in total. The minimum atomic E-state index is -3.88. The van der Waals surface area contributed by atoms with E-state index in [9.17, 15) is 18.3 Å². The average Bonchev–Trinajstić information content (AvgIpc) is 2.84. The van der Waals surface area contributed by atoms with Crippen molar-refractivity contribution in [2.45, 2.75) is 37.7 Å². The normalized spacial score (nSPS) is 26.7. The smallest absolute Gasteiger partial charge is 0.451 e. The van der Waals surface area contributed by atoms with Gasteiger partial charge in [0.25, 0.3) is 10.2 Å². The number of carboxylic acids is 1. The summed E-state index contributed by atoms with van der Waals surface area (Å²) in [5, 5.41) is 27.2. The molecule has 140 valence electrons. The standard InChI is InChI=1S/C12H27BN4O6S/c1-9(6-14)16(2)24(22,23)17-7-10(4-3-5-13(20)21)12(15,8-17)11(18)19/h9-10,20-21H,3-8,14-15H2,1-2H3,(H,18,19)/t9?,10-,12-/m0/s1. The first-order chi connectivity index (χ1) is 11.0. The van der Waals surface area contributed by atoms with Gasteiger partial charge in [-0.15, -0.1) is 0 Å². The monoisotopic (exact) mass is 366 g/mol. The lowest BCUT2D eigenvalue weighted by atomic mass is 9.78. The zero-order valence-corrected chi connectivity index (χ0v) is 14.8. The Morgan fingerprint density at radius 3 is 2.54 bits per heavy atom. The van der Waals surface area contributed by atoms with Gasteiger partial charge in [-0.1, -0.05) is 6.42 Å². The lowest BCUT2D eigenvalue weighted by Crippen LogP contribution is -2.55. The molecule has 1 aliphatic heterocycles. The summed E-state index contributed by atoms with van der Waals surface area (Å²) in [6, 6.07) is -0.435. The first-order valence-corrected chi connectivity index (χ1v) is 9.18. The molecular weight excluding hydrogens is 339 g/mol. The van der Waals surface area contributed by atoms with Crippen molar-refractivity contribution in [1.29, 1.82) is 0 Å². The summed E-state index contributed by atoms with van der Waals surface area (Å²) in [5.41, 5.74) is 9.78. The fraction of sp³-hybridized carbons (Fsp3) is 0.917. The van der Waals surface area contributed by atoms with E-state index in [0.29, 0.717) is 6.42 Å². The van der Waals surface area contributed by atoms with Crippen molar-refractivity contribution >= 4 is 23.3 Å². The van der Waals surface area contributed by atoms with Gasteiger partial charge in [-0.05, 0) is 19.7 Å². The maximum absolute atomic E-state index is 12.6. The lowest BCUT2D eigenvalue weighted by molar-refractivity contribution is -0.144. The summed E-state index contributed by atoms with van der Waals surface area (Å²) in [5.74, 6) is -1.89. The molecule has 1 unspecified atom stereocenters. The molecule has 0 aromatic heterocycles. The van der Waals surface area contributed by atoms with E-state index < -0.39 is 40.8 Å². The zero-order valence-electron chi connectivity index (χ0n) is 14.0. The summed E-state index contributed by atoms with van der Waals surface area (Å²) in [4.78, 5) is 11.6. The van der Waals surface area contributed by atoms with Crippen molar-refractivity contribution in [1.82, 2.24) is 8.61 Å². The third-order valence-corrected chi connectivity index (χ3v) is 6.67. The van der Waals surface area contributed by atoms with E-state index >= 15 is 0 Å². The van der Waals surface area contributed by atoms with Crippen molar-refractivity contribution in [2.75, 3.05) is 26.7 Å². The predicted octanol–water partition coefficient (Wildman–Crippen LogP) is -2.52. The molecule has 0 aromatic carbocycles. The number of carboxylic acid groups (broad SMARTS) is 1. The quantitative estimate of drug-likeness (QED) is 0.278. The molecule has 1 fully saturated rings. The summed E-state index contributed by atoms with van der Waals surface area (Å²) in [6.45, 7) is 1.42. The number of nitrogens with two attached hydrogens (primary N) is 2. The van der Waals surface area contributed by atoms with Crippen LogP contribution < -0.4 is 11.5 Å². The number of aliphatic carboxylic acids is 1. The molecule has 12 heteroatoms. The third-order valence-electron chi connectivity index (χ3n) is 4.66. The molecule has 1 aliphatic rings. The van der Waals surface area contributed by atoms with Crippen LogP contribution in [-0.2, 0) is 15.0 Å². The summed E-state index contributed by atoms with van der Waals surface area (Å²) < 4.78 is 27.4. The first-order valence-electron chi connectivity index (χ1n) is 7.78. The zero-order chi connectivity index (χ0) is 18.7. The van der Waals surface area contributed by atoms with Crippen molar-refractivity contribution < 1.29 is 28.4 Å². The number of hydrogen-bond acceptors (Lipinski definition) is 7. The minimum absolute atomic E-state index is 0.0334. The fourth-order valence-corrected chi connectivity index (χ4v) is 4.42. The van der Waals surface area contributed by atoms with Crippen LogP contribution in [0.3, 0.4) is 0 Å². The van der Waals surface area contributed by atoms with Crippen molar-refractivity contribution in [3.63, 3.8) is 0 Å². The molecule has 0 amide bonds. The maximum atomic E-state index is 12.6. The number of carbonyl (C=O) groups is 1. The highest BCUT2D eigenvalue weighted by Gasteiger charge is 2.53. The van der Waals surface area contributed by atoms with Gasteiger partial charge < -0.3 is 26.6 Å². The molecule has 0 spiro atoms. The Labute approximate surface area is 142 Å². The van der Waals surface area contributed by atoms with Crippen LogP contribution in [-0.4, -0.2) is 83.5 Å². The van der Waals surface area contributed by atoms with Gasteiger partial charge in [0.2, 0.25) is 0 Å². The van der Waals surface area contributed by atoms with E-state index in [4.69, 9.17) is 21.5 Å². The van der Waals surface area contributed by atoms with Gasteiger partial charge in [0.05, 0.1) is 0 Å². The van der Waals surface area contributed by atoms with Gasteiger partial charge in [-0.25, -0.2) is 0 Å². The molecule has 0 saturated carbocycles. The van der Waals surface area contributed by atoms with Crippen molar-refractivity contribution in [3.05, 3.63) is 0 Å². The second-order valence-electron chi connectivity index (χ2n) is 6.36. The van der Waals surface area contributed by atoms with Crippen LogP contribution in [0.2, 0.25) is 6.32 Å². The highest BCUT2D eigenvalue weighted by Crippen LogP contribution is 2.33. The lowest BCUT2D eigenvalue weighted by Gasteiger charge is -2.28. The minimum Gasteiger partial charge on any atom is -0.480 e. The molecule has 0 aromatic rings. The molecule has 3 atom stereocenters. The molecule has 1 saturated heterocycles. The van der Waals surface area contributed by atoms with E-state index in [0.717, 1.165) is 8.61 Å². The van der Waals surface area contributed by atoms with Crippen LogP contribution in [0.1, 0.15) is 19.8 Å². The van der Waals surface area contributed by atoms with Gasteiger partial charge in [0, 0.05) is 38.6 Å². The Bertz CT molecular complexity index is 548. The number of nitrogens with zero attached hydrogens (tertiary/aromatic N) is 2. The molecule has 24 heavy (non-hydrogen) atoms. The molecule has 0 aliphatic carbocycles. The van der Waals surface area contributed by atoms with Crippen LogP contribution in [0, 0.1) is 5.92 Å². The van der Waals surface area contributed by atoms with Crippen LogP contribution in [0.25, 0.3) is 0 Å². The van der Waals surface area contributed by atoms with Crippen LogP contribution in [0.15, 0.2) is 0 Å². The van der Waals surface area contributed by atoms with Gasteiger partial charge in [0.15, 0.2) is 0 Å². The Morgan fingerprint density at radius 1 is 1.50 bits per heavy atom. The van der Waals surface area contributed by atoms with Crippen molar-refractivity contribution in [2.24, 2.45) is 17.4 Å². The Morgan fingerprint density at radius 2 is 2.08 bits per heavy atom. The van der Waals surface area contributed by atoms with Gasteiger partial charge in [-0.2, -0.15) is 17.0 Å². The second kappa shape index (κ2) is 8.08. The predicted molar refractivity (Wildman–Crippen MR) is 89.0 cm³/mol. The van der Waals surface area contributed by atoms with E-state index in [1.165, 1.54) is 7.05 Å². The number of hydrogen-bond donors (Lipinski definition) is 5. The highest BCUT2D eigenvalue weighted by molar-refractivity contribution is 7.86. The molecular formula is C12H27BN4O6S. The van der Waals surface area contributed by atoms with Gasteiger partial charge in [-0.3, -0.25) is 4.79 Å². The number of rotatable bonds is 9. The Kier molecular flexibility index (Phi) is 7.17. The van der Waals surface area contributed by atoms with E-state index in [1.54, 1.807) is 6.92 Å². The third kappa shape index (κ3) is 4.45. The maximum Gasteiger partial charge on any atom is 0.451 e. The van der Waals surface area contributed by atoms with Crippen LogP contribution in [0.4, 0.5) is 0 Å². The average molecular weight is 366 g/mol. The molecule has 1 heterocycles. The topological polar surface area (TPSA) is 170 Å². The highest BCUT2D eigenvalue weighted by atomic mass is 32.2. The summed E-state index contributed by atoms with van der Waals surface area (Å²) in [7, 11) is -3.98. The molecule has 0 bridgehead atoms. The SMILES string of the molecule is CC(CN)N(C)S(=O)(=O)N1C[C@H](CCCB(O)O)[C@](N)(C(=O)O)C1. The molecule has 0 radical (unpaired) electrons. The largest absolute Gasteiger partial charge is 0.480 e. The number of likely N-dealkylation sites (N-methyl/N-ethyl adjacent to an activating group) is 1. The van der Waals surface area contributed by atoms with Crippen LogP contribution in [0.5, 0.6) is 0 Å².